The van der Waals surface area contributed by atoms with Crippen molar-refractivity contribution < 1.29 is 9.90 Å². The molecule has 3 nitrogen and oxygen atoms in total. The molecule has 0 spiro atoms. The van der Waals surface area contributed by atoms with Gasteiger partial charge >= 0.3 is 0 Å². The zero-order chi connectivity index (χ0) is 14.8. The molecule has 1 atom stereocenters. The number of hydrogen-bond acceptors (Lipinski definition) is 2. The number of hydrogen-bond donors (Lipinski definition) is 2. The van der Waals surface area contributed by atoms with Gasteiger partial charge in [-0.2, -0.15) is 0 Å². The van der Waals surface area contributed by atoms with Gasteiger partial charge in [-0.15, -0.1) is 0 Å². The molecule has 1 saturated carbocycles. The Morgan fingerprint density at radius 3 is 2.40 bits per heavy atom. The molecule has 0 bridgehead atoms. The number of nitrogens with one attached hydrogen (secondary N) is 1. The third kappa shape index (κ3) is 3.41. The molecule has 1 aliphatic rings. The van der Waals surface area contributed by atoms with Gasteiger partial charge in [-0.3, -0.25) is 4.79 Å². The van der Waals surface area contributed by atoms with E-state index in [9.17, 15) is 9.90 Å². The molecule has 1 fully saturated rings. The number of amides is 1. The molecule has 110 valence electrons. The average molecular weight is 340 g/mol. The lowest BCUT2D eigenvalue weighted by atomic mass is 9.94. The number of carbonyl (C=O) groups is 1. The summed E-state index contributed by atoms with van der Waals surface area (Å²) in [4.78, 5) is 12.5. The SMILES string of the molecule is CC(C)CC(CO)NC(=O)C1(c2ccc(Br)cc2)CC1. The number of aliphatic hydroxyl groups excluding tert-OH is 1. The lowest BCUT2D eigenvalue weighted by Crippen LogP contribution is -2.44. The van der Waals surface area contributed by atoms with Crippen LogP contribution in [0.3, 0.4) is 0 Å². The molecule has 2 N–H and O–H groups in total. The van der Waals surface area contributed by atoms with E-state index in [1.807, 2.05) is 24.3 Å². The number of rotatable bonds is 6. The molecule has 1 aromatic rings. The molecular formula is C16H22BrNO2. The molecule has 0 heterocycles. The third-order valence-electron chi connectivity index (χ3n) is 3.89. The molecule has 1 aliphatic carbocycles. The fourth-order valence-corrected chi connectivity index (χ4v) is 2.88. The summed E-state index contributed by atoms with van der Waals surface area (Å²) in [6, 6.07) is 7.82. The summed E-state index contributed by atoms with van der Waals surface area (Å²) in [6.07, 6.45) is 2.58. The summed E-state index contributed by atoms with van der Waals surface area (Å²) in [5.41, 5.74) is 0.699. The lowest BCUT2D eigenvalue weighted by Gasteiger charge is -2.22. The summed E-state index contributed by atoms with van der Waals surface area (Å²) >= 11 is 3.41. The molecule has 2 rings (SSSR count). The van der Waals surface area contributed by atoms with E-state index in [-0.39, 0.29) is 24.0 Å². The van der Waals surface area contributed by atoms with Crippen molar-refractivity contribution >= 4 is 21.8 Å². The van der Waals surface area contributed by atoms with Crippen LogP contribution in [0.1, 0.15) is 38.7 Å². The van der Waals surface area contributed by atoms with Crippen LogP contribution in [0.25, 0.3) is 0 Å². The summed E-state index contributed by atoms with van der Waals surface area (Å²) < 4.78 is 1.02. The van der Waals surface area contributed by atoms with Crippen LogP contribution in [0, 0.1) is 5.92 Å². The maximum absolute atomic E-state index is 12.5. The van der Waals surface area contributed by atoms with Crippen molar-refractivity contribution in [2.24, 2.45) is 5.92 Å². The van der Waals surface area contributed by atoms with E-state index in [0.717, 1.165) is 29.3 Å². The molecule has 1 amide bonds. The smallest absolute Gasteiger partial charge is 0.230 e. The molecule has 20 heavy (non-hydrogen) atoms. The van der Waals surface area contributed by atoms with Crippen LogP contribution in [-0.4, -0.2) is 23.7 Å². The van der Waals surface area contributed by atoms with Crippen molar-refractivity contribution in [3.8, 4) is 0 Å². The van der Waals surface area contributed by atoms with E-state index >= 15 is 0 Å². The molecule has 0 aliphatic heterocycles. The maximum Gasteiger partial charge on any atom is 0.230 e. The number of aliphatic hydroxyl groups is 1. The van der Waals surface area contributed by atoms with Crippen LogP contribution in [0.5, 0.6) is 0 Å². The number of benzene rings is 1. The van der Waals surface area contributed by atoms with Crippen LogP contribution in [0.4, 0.5) is 0 Å². The van der Waals surface area contributed by atoms with Gasteiger partial charge in [0.25, 0.3) is 0 Å². The Morgan fingerprint density at radius 1 is 1.35 bits per heavy atom. The minimum absolute atomic E-state index is 0.000335. The predicted octanol–water partition coefficient (Wildman–Crippen LogP) is 3.00. The highest BCUT2D eigenvalue weighted by molar-refractivity contribution is 9.10. The highest BCUT2D eigenvalue weighted by atomic mass is 79.9. The zero-order valence-electron chi connectivity index (χ0n) is 12.0. The zero-order valence-corrected chi connectivity index (χ0v) is 13.6. The first-order valence-electron chi connectivity index (χ1n) is 7.16. The second kappa shape index (κ2) is 6.27. The topological polar surface area (TPSA) is 49.3 Å². The van der Waals surface area contributed by atoms with Gasteiger partial charge < -0.3 is 10.4 Å². The minimum Gasteiger partial charge on any atom is -0.394 e. The summed E-state index contributed by atoms with van der Waals surface area (Å²) in [5.74, 6) is 0.509. The molecule has 0 aromatic heterocycles. The Bertz CT molecular complexity index is 466. The molecule has 0 radical (unpaired) electrons. The second-order valence-corrected chi connectivity index (χ2v) is 6.99. The first kappa shape index (κ1) is 15.5. The third-order valence-corrected chi connectivity index (χ3v) is 4.42. The quantitative estimate of drug-likeness (QED) is 0.836. The highest BCUT2D eigenvalue weighted by Crippen LogP contribution is 2.48. The van der Waals surface area contributed by atoms with Gasteiger partial charge in [0, 0.05) is 4.47 Å². The van der Waals surface area contributed by atoms with Crippen molar-refractivity contribution in [1.82, 2.24) is 5.32 Å². The molecular weight excluding hydrogens is 318 g/mol. The average Bonchev–Trinajstić information content (AvgIpc) is 3.19. The van der Waals surface area contributed by atoms with Crippen molar-refractivity contribution in [1.29, 1.82) is 0 Å². The summed E-state index contributed by atoms with van der Waals surface area (Å²) in [7, 11) is 0. The second-order valence-electron chi connectivity index (χ2n) is 6.07. The lowest BCUT2D eigenvalue weighted by molar-refractivity contribution is -0.124. The molecule has 4 heteroatoms. The van der Waals surface area contributed by atoms with Gasteiger partial charge in [-0.1, -0.05) is 41.9 Å². The summed E-state index contributed by atoms with van der Waals surface area (Å²) in [6.45, 7) is 4.19. The van der Waals surface area contributed by atoms with Crippen LogP contribution >= 0.6 is 15.9 Å². The van der Waals surface area contributed by atoms with Gasteiger partial charge in [0.05, 0.1) is 18.1 Å². The monoisotopic (exact) mass is 339 g/mol. The van der Waals surface area contributed by atoms with Crippen LogP contribution < -0.4 is 5.32 Å². The van der Waals surface area contributed by atoms with Crippen molar-refractivity contribution in [3.05, 3.63) is 34.3 Å². The largest absolute Gasteiger partial charge is 0.394 e. The minimum atomic E-state index is -0.370. The van der Waals surface area contributed by atoms with Crippen LogP contribution in [0.15, 0.2) is 28.7 Å². The molecule has 1 aromatic carbocycles. The first-order valence-corrected chi connectivity index (χ1v) is 7.95. The Kier molecular flexibility index (Phi) is 4.86. The van der Waals surface area contributed by atoms with Crippen molar-refractivity contribution in [2.75, 3.05) is 6.61 Å². The van der Waals surface area contributed by atoms with E-state index < -0.39 is 0 Å². The Hall–Kier alpha value is -0.870. The Labute approximate surface area is 128 Å². The first-order chi connectivity index (χ1) is 9.48. The van der Waals surface area contributed by atoms with Gasteiger partial charge in [0.1, 0.15) is 0 Å². The fraction of sp³-hybridized carbons (Fsp3) is 0.562. The van der Waals surface area contributed by atoms with E-state index in [0.29, 0.717) is 5.92 Å². The predicted molar refractivity (Wildman–Crippen MR) is 83.5 cm³/mol. The van der Waals surface area contributed by atoms with Gasteiger partial charge in [0.15, 0.2) is 0 Å². The van der Waals surface area contributed by atoms with E-state index in [1.54, 1.807) is 0 Å². The number of carbonyl (C=O) groups excluding carboxylic acids is 1. The number of halogens is 1. The summed E-state index contributed by atoms with van der Waals surface area (Å²) in [5, 5.41) is 12.4. The molecule has 0 saturated heterocycles. The Morgan fingerprint density at radius 2 is 1.95 bits per heavy atom. The highest BCUT2D eigenvalue weighted by Gasteiger charge is 2.51. The van der Waals surface area contributed by atoms with Crippen molar-refractivity contribution in [3.63, 3.8) is 0 Å². The molecule has 1 unspecified atom stereocenters. The van der Waals surface area contributed by atoms with E-state index in [1.165, 1.54) is 0 Å². The van der Waals surface area contributed by atoms with Gasteiger partial charge in [-0.25, -0.2) is 0 Å². The van der Waals surface area contributed by atoms with Gasteiger partial charge in [-0.05, 0) is 42.9 Å². The van der Waals surface area contributed by atoms with Crippen LogP contribution in [0.2, 0.25) is 0 Å². The van der Waals surface area contributed by atoms with E-state index in [4.69, 9.17) is 0 Å². The fourth-order valence-electron chi connectivity index (χ4n) is 2.61. The van der Waals surface area contributed by atoms with Crippen LogP contribution in [-0.2, 0) is 10.2 Å². The Balaban J connectivity index is 2.06. The standard InChI is InChI=1S/C16H22BrNO2/c1-11(2)9-14(10-19)18-15(20)16(7-8-16)12-3-5-13(17)6-4-12/h3-6,11,14,19H,7-10H2,1-2H3,(H,18,20). The normalized spacial score (nSPS) is 17.9. The van der Waals surface area contributed by atoms with Gasteiger partial charge in [0.2, 0.25) is 5.91 Å². The van der Waals surface area contributed by atoms with Crippen molar-refractivity contribution in [2.45, 2.75) is 44.6 Å². The maximum atomic E-state index is 12.5. The van der Waals surface area contributed by atoms with E-state index in [2.05, 4.69) is 35.1 Å².